The molecule has 0 bridgehead atoms. The topological polar surface area (TPSA) is 34.0 Å². The molecule has 1 aliphatic carbocycles. The summed E-state index contributed by atoms with van der Waals surface area (Å²) in [6, 6.07) is 11.3. The lowest BCUT2D eigenvalue weighted by molar-refractivity contribution is 0.572. The lowest BCUT2D eigenvalue weighted by Gasteiger charge is -2.20. The molecule has 1 aromatic carbocycles. The number of pyridine rings is 1. The van der Waals surface area contributed by atoms with Crippen LogP contribution in [0.15, 0.2) is 35.1 Å². The van der Waals surface area contributed by atoms with Crippen LogP contribution < -0.4 is 10.9 Å². The smallest absolute Gasteiger partial charge is 0.255 e. The van der Waals surface area contributed by atoms with Gasteiger partial charge in [-0.15, -0.1) is 0 Å². The Kier molecular flexibility index (Phi) is 4.40. The Morgan fingerprint density at radius 2 is 1.91 bits per heavy atom. The van der Waals surface area contributed by atoms with Gasteiger partial charge in [-0.1, -0.05) is 23.8 Å². The predicted octanol–water partition coefficient (Wildman–Crippen LogP) is 3.97. The quantitative estimate of drug-likeness (QED) is 0.907. The highest BCUT2D eigenvalue weighted by atomic mass is 16.1. The van der Waals surface area contributed by atoms with Crippen LogP contribution in [0.1, 0.15) is 49.4 Å². The van der Waals surface area contributed by atoms with Crippen LogP contribution >= 0.6 is 0 Å². The summed E-state index contributed by atoms with van der Waals surface area (Å²) in [5.74, 6) is 0. The van der Waals surface area contributed by atoms with Gasteiger partial charge in [0.1, 0.15) is 0 Å². The van der Waals surface area contributed by atoms with Crippen LogP contribution in [0.2, 0.25) is 0 Å². The molecule has 1 aromatic heterocycles. The van der Waals surface area contributed by atoms with Gasteiger partial charge in [0.05, 0.1) is 5.69 Å². The molecule has 0 saturated heterocycles. The summed E-state index contributed by atoms with van der Waals surface area (Å²) in [7, 11) is 0. The van der Waals surface area contributed by atoms with Gasteiger partial charge >= 0.3 is 0 Å². The van der Waals surface area contributed by atoms with E-state index in [1.807, 2.05) is 10.6 Å². The van der Waals surface area contributed by atoms with E-state index in [9.17, 15) is 4.79 Å². The number of benzene rings is 1. The first-order chi connectivity index (χ1) is 11.0. The molecular weight excluding hydrogens is 284 g/mol. The number of hydrogen-bond acceptors (Lipinski definition) is 2. The zero-order chi connectivity index (χ0) is 16.6. The van der Waals surface area contributed by atoms with Gasteiger partial charge in [-0.25, -0.2) is 0 Å². The largest absolute Gasteiger partial charge is 0.310 e. The van der Waals surface area contributed by atoms with Crippen LogP contribution in [0.5, 0.6) is 0 Å². The Balaban J connectivity index is 2.07. The van der Waals surface area contributed by atoms with Crippen molar-refractivity contribution >= 4 is 0 Å². The second kappa shape index (κ2) is 6.32. The molecule has 1 fully saturated rings. The molecule has 0 unspecified atom stereocenters. The maximum Gasteiger partial charge on any atom is 0.255 e. The summed E-state index contributed by atoms with van der Waals surface area (Å²) in [6.07, 6.45) is 2.47. The van der Waals surface area contributed by atoms with Gasteiger partial charge in [0.2, 0.25) is 0 Å². The molecule has 0 radical (unpaired) electrons. The van der Waals surface area contributed by atoms with E-state index in [-0.39, 0.29) is 11.6 Å². The SMILES string of the molecule is Cc1ccc(C)c(-c2ccc(CNC3CC3)c(=O)n2C(C)C)c1. The first-order valence-electron chi connectivity index (χ1n) is 8.53. The van der Waals surface area contributed by atoms with E-state index in [2.05, 4.69) is 57.3 Å². The van der Waals surface area contributed by atoms with Crippen molar-refractivity contribution in [1.82, 2.24) is 9.88 Å². The first kappa shape index (κ1) is 16.0. The summed E-state index contributed by atoms with van der Waals surface area (Å²) in [6.45, 7) is 9.02. The Morgan fingerprint density at radius 3 is 2.57 bits per heavy atom. The molecule has 3 nitrogen and oxygen atoms in total. The maximum atomic E-state index is 13.0. The lowest BCUT2D eigenvalue weighted by atomic mass is 10.0. The van der Waals surface area contributed by atoms with Crippen molar-refractivity contribution in [2.75, 3.05) is 0 Å². The highest BCUT2D eigenvalue weighted by Gasteiger charge is 2.21. The van der Waals surface area contributed by atoms with Crippen LogP contribution in [-0.2, 0) is 6.54 Å². The second-order valence-corrected chi connectivity index (χ2v) is 6.99. The summed E-state index contributed by atoms with van der Waals surface area (Å²) in [4.78, 5) is 13.0. The van der Waals surface area contributed by atoms with Crippen molar-refractivity contribution in [2.45, 2.75) is 59.2 Å². The molecule has 3 heteroatoms. The zero-order valence-corrected chi connectivity index (χ0v) is 14.5. The van der Waals surface area contributed by atoms with E-state index in [1.54, 1.807) is 0 Å². The monoisotopic (exact) mass is 310 g/mol. The second-order valence-electron chi connectivity index (χ2n) is 6.99. The summed E-state index contributed by atoms with van der Waals surface area (Å²) < 4.78 is 1.94. The average molecular weight is 310 g/mol. The molecule has 3 rings (SSSR count). The molecule has 2 aromatic rings. The van der Waals surface area contributed by atoms with Crippen molar-refractivity contribution in [3.8, 4) is 11.3 Å². The van der Waals surface area contributed by atoms with Gasteiger partial charge in [0.25, 0.3) is 5.56 Å². The van der Waals surface area contributed by atoms with Crippen molar-refractivity contribution in [2.24, 2.45) is 0 Å². The Morgan fingerprint density at radius 1 is 1.17 bits per heavy atom. The normalized spacial score (nSPS) is 14.5. The number of nitrogens with zero attached hydrogens (tertiary/aromatic N) is 1. The number of rotatable bonds is 5. The summed E-state index contributed by atoms with van der Waals surface area (Å²) >= 11 is 0. The number of hydrogen-bond donors (Lipinski definition) is 1. The van der Waals surface area contributed by atoms with E-state index in [0.29, 0.717) is 12.6 Å². The van der Waals surface area contributed by atoms with Gasteiger partial charge < -0.3 is 9.88 Å². The predicted molar refractivity (Wildman–Crippen MR) is 95.9 cm³/mol. The third-order valence-corrected chi connectivity index (χ3v) is 4.54. The van der Waals surface area contributed by atoms with Gasteiger partial charge in [-0.2, -0.15) is 0 Å². The van der Waals surface area contributed by atoms with Crippen molar-refractivity contribution in [3.63, 3.8) is 0 Å². The third-order valence-electron chi connectivity index (χ3n) is 4.54. The molecule has 0 spiro atoms. The fourth-order valence-electron chi connectivity index (χ4n) is 3.02. The fraction of sp³-hybridized carbons (Fsp3) is 0.450. The van der Waals surface area contributed by atoms with Crippen LogP contribution in [0, 0.1) is 13.8 Å². The number of nitrogens with one attached hydrogen (secondary N) is 1. The molecule has 0 aliphatic heterocycles. The van der Waals surface area contributed by atoms with Gasteiger partial charge in [-0.3, -0.25) is 4.79 Å². The Hall–Kier alpha value is -1.87. The van der Waals surface area contributed by atoms with E-state index < -0.39 is 0 Å². The molecule has 1 saturated carbocycles. The summed E-state index contributed by atoms with van der Waals surface area (Å²) in [5, 5.41) is 3.45. The highest BCUT2D eigenvalue weighted by molar-refractivity contribution is 5.65. The van der Waals surface area contributed by atoms with Crippen LogP contribution in [0.3, 0.4) is 0 Å². The average Bonchev–Trinajstić information content (AvgIpc) is 3.32. The Labute approximate surface area is 138 Å². The molecular formula is C20H26N2O. The molecule has 122 valence electrons. The van der Waals surface area contributed by atoms with Crippen molar-refractivity contribution in [1.29, 1.82) is 0 Å². The molecule has 1 N–H and O–H groups in total. The van der Waals surface area contributed by atoms with E-state index >= 15 is 0 Å². The summed E-state index contributed by atoms with van der Waals surface area (Å²) in [5.41, 5.74) is 5.58. The highest BCUT2D eigenvalue weighted by Crippen LogP contribution is 2.26. The maximum absolute atomic E-state index is 13.0. The minimum Gasteiger partial charge on any atom is -0.310 e. The first-order valence-corrected chi connectivity index (χ1v) is 8.53. The van der Waals surface area contributed by atoms with Crippen molar-refractivity contribution < 1.29 is 0 Å². The van der Waals surface area contributed by atoms with Gasteiger partial charge in [-0.05, 0) is 58.2 Å². The van der Waals surface area contributed by atoms with Crippen LogP contribution in [-0.4, -0.2) is 10.6 Å². The molecule has 1 aliphatic rings. The Bertz CT molecular complexity index is 770. The number of aromatic nitrogens is 1. The molecule has 23 heavy (non-hydrogen) atoms. The third kappa shape index (κ3) is 3.40. The van der Waals surface area contributed by atoms with E-state index in [0.717, 1.165) is 16.8 Å². The van der Waals surface area contributed by atoms with Crippen molar-refractivity contribution in [3.05, 3.63) is 57.4 Å². The number of aryl methyl sites for hydroxylation is 2. The minimum atomic E-state index is 0.131. The molecule has 0 atom stereocenters. The van der Waals surface area contributed by atoms with Gasteiger partial charge in [0, 0.05) is 29.8 Å². The zero-order valence-electron chi connectivity index (χ0n) is 14.5. The minimum absolute atomic E-state index is 0.131. The van der Waals surface area contributed by atoms with Crippen LogP contribution in [0.25, 0.3) is 11.3 Å². The fourth-order valence-corrected chi connectivity index (χ4v) is 3.02. The van der Waals surface area contributed by atoms with Crippen LogP contribution in [0.4, 0.5) is 0 Å². The van der Waals surface area contributed by atoms with E-state index in [1.165, 1.54) is 24.0 Å². The molecule has 0 amide bonds. The van der Waals surface area contributed by atoms with Gasteiger partial charge in [0.15, 0.2) is 0 Å². The standard InChI is InChI=1S/C20H26N2O/c1-13(2)22-19(18-11-14(3)5-6-15(18)4)10-7-16(20(22)23)12-21-17-8-9-17/h5-7,10-11,13,17,21H,8-9,12H2,1-4H3. The van der Waals surface area contributed by atoms with E-state index in [4.69, 9.17) is 0 Å². The lowest BCUT2D eigenvalue weighted by Crippen LogP contribution is -2.30. The molecule has 1 heterocycles.